The minimum absolute atomic E-state index is 0. The van der Waals surface area contributed by atoms with Gasteiger partial charge in [0.15, 0.2) is 17.0 Å². The summed E-state index contributed by atoms with van der Waals surface area (Å²) in [4.78, 5) is 16.9. The number of fused-ring (bicyclic) bond motifs is 1. The molecule has 0 bridgehead atoms. The Bertz CT molecular complexity index is 865. The molecule has 0 spiro atoms. The van der Waals surface area contributed by atoms with Gasteiger partial charge in [-0.2, -0.15) is 9.97 Å². The van der Waals surface area contributed by atoms with Crippen molar-refractivity contribution in [2.75, 3.05) is 50.0 Å². The van der Waals surface area contributed by atoms with Crippen molar-refractivity contribution < 1.29 is 4.74 Å². The minimum atomic E-state index is 0. The lowest BCUT2D eigenvalue weighted by Gasteiger charge is -2.27. The molecule has 12 heteroatoms. The fraction of sp³-hybridized carbons (Fsp3) is 0.773. The molecule has 0 atom stereocenters. The van der Waals surface area contributed by atoms with Crippen molar-refractivity contribution in [3.63, 3.8) is 0 Å². The molecule has 0 radical (unpaired) electrons. The van der Waals surface area contributed by atoms with Crippen LogP contribution < -0.4 is 16.4 Å². The SMILES string of the molecule is Cl.Cl.Cl.N[C@H]1CC[C@H](Nc2nc(NCCN3CCOCC3)c3ncn(C4CCCC4)c3n2)CC1. The number of rotatable bonds is 7. The molecule has 0 unspecified atom stereocenters. The van der Waals surface area contributed by atoms with Crippen molar-refractivity contribution in [2.45, 2.75) is 69.5 Å². The molecule has 2 saturated carbocycles. The number of hydrogen-bond acceptors (Lipinski definition) is 8. The quantitative estimate of drug-likeness (QED) is 0.492. The molecule has 3 aliphatic rings. The first kappa shape index (κ1) is 29.1. The van der Waals surface area contributed by atoms with Crippen LogP contribution in [0.1, 0.15) is 57.4 Å². The largest absolute Gasteiger partial charge is 0.379 e. The summed E-state index contributed by atoms with van der Waals surface area (Å²) < 4.78 is 7.73. The second kappa shape index (κ2) is 13.8. The van der Waals surface area contributed by atoms with E-state index in [1.165, 1.54) is 25.7 Å². The Hall–Kier alpha value is -1.10. The molecule has 5 rings (SSSR count). The molecule has 2 aromatic heterocycles. The fourth-order valence-corrected chi connectivity index (χ4v) is 5.16. The molecule has 2 aromatic rings. The van der Waals surface area contributed by atoms with Crippen molar-refractivity contribution in [3.05, 3.63) is 6.33 Å². The Kier molecular flexibility index (Phi) is 11.9. The van der Waals surface area contributed by atoms with Crippen molar-refractivity contribution in [1.29, 1.82) is 0 Å². The average Bonchev–Trinajstić information content (AvgIpc) is 3.46. The standard InChI is InChI=1S/C22H36N8O.3ClH/c23-16-5-7-17(8-6-16)26-22-27-20(24-9-10-29-11-13-31-14-12-29)19-21(28-22)30(15-25-19)18-3-1-2-4-18;;;/h15-18H,1-14,23H2,(H2,24,26,27,28);3*1H/t16-,17-;;;. The van der Waals surface area contributed by atoms with Gasteiger partial charge in [0.1, 0.15) is 0 Å². The number of morpholine rings is 1. The van der Waals surface area contributed by atoms with Gasteiger partial charge in [0.2, 0.25) is 5.95 Å². The summed E-state index contributed by atoms with van der Waals surface area (Å²) in [6.45, 7) is 5.44. The van der Waals surface area contributed by atoms with E-state index in [1.54, 1.807) is 0 Å². The lowest BCUT2D eigenvalue weighted by atomic mass is 9.92. The summed E-state index contributed by atoms with van der Waals surface area (Å²) in [5.41, 5.74) is 7.92. The average molecular weight is 538 g/mol. The van der Waals surface area contributed by atoms with E-state index in [0.29, 0.717) is 24.1 Å². The molecular weight excluding hydrogens is 499 g/mol. The van der Waals surface area contributed by atoms with Gasteiger partial charge in [-0.3, -0.25) is 4.90 Å². The van der Waals surface area contributed by atoms with E-state index in [9.17, 15) is 0 Å². The van der Waals surface area contributed by atoms with Crippen molar-refractivity contribution in [3.8, 4) is 0 Å². The summed E-state index contributed by atoms with van der Waals surface area (Å²) in [7, 11) is 0. The van der Waals surface area contributed by atoms with Crippen LogP contribution in [-0.4, -0.2) is 75.9 Å². The summed E-state index contributed by atoms with van der Waals surface area (Å²) in [6.07, 6.45) is 11.2. The number of halogens is 3. The topological polar surface area (TPSA) is 106 Å². The molecular formula is C22H39Cl3N8O. The number of nitrogens with zero attached hydrogens (tertiary/aromatic N) is 5. The van der Waals surface area contributed by atoms with Crippen LogP contribution >= 0.6 is 37.2 Å². The van der Waals surface area contributed by atoms with Gasteiger partial charge in [-0.1, -0.05) is 12.8 Å². The van der Waals surface area contributed by atoms with Crippen LogP contribution in [0.5, 0.6) is 0 Å². The van der Waals surface area contributed by atoms with Gasteiger partial charge in [0.05, 0.1) is 19.5 Å². The van der Waals surface area contributed by atoms with Crippen molar-refractivity contribution in [2.24, 2.45) is 5.73 Å². The van der Waals surface area contributed by atoms with E-state index >= 15 is 0 Å². The zero-order valence-electron chi connectivity index (χ0n) is 19.7. The Labute approximate surface area is 220 Å². The molecule has 2 aliphatic carbocycles. The first-order chi connectivity index (χ1) is 15.3. The molecule has 194 valence electrons. The maximum absolute atomic E-state index is 6.09. The lowest BCUT2D eigenvalue weighted by molar-refractivity contribution is 0.0398. The highest BCUT2D eigenvalue weighted by atomic mass is 35.5. The fourth-order valence-electron chi connectivity index (χ4n) is 5.16. The van der Waals surface area contributed by atoms with Crippen molar-refractivity contribution >= 4 is 60.2 Å². The van der Waals surface area contributed by atoms with Crippen LogP contribution in [0.15, 0.2) is 6.33 Å². The predicted octanol–water partition coefficient (Wildman–Crippen LogP) is 3.63. The molecule has 4 N–H and O–H groups in total. The Morgan fingerprint density at radius 1 is 0.971 bits per heavy atom. The van der Waals surface area contributed by atoms with Gasteiger partial charge in [-0.05, 0) is 38.5 Å². The van der Waals surface area contributed by atoms with E-state index in [4.69, 9.17) is 25.4 Å². The maximum atomic E-state index is 6.09. The van der Waals surface area contributed by atoms with E-state index < -0.39 is 0 Å². The zero-order chi connectivity index (χ0) is 21.0. The number of nitrogens with two attached hydrogens (primary N) is 1. The van der Waals surface area contributed by atoms with Gasteiger partial charge < -0.3 is 25.7 Å². The van der Waals surface area contributed by atoms with E-state index in [2.05, 4.69) is 20.1 Å². The number of imidazole rings is 1. The van der Waals surface area contributed by atoms with E-state index in [0.717, 1.165) is 82.1 Å². The van der Waals surface area contributed by atoms with Gasteiger partial charge in [0, 0.05) is 44.3 Å². The first-order valence-electron chi connectivity index (χ1n) is 12.1. The summed E-state index contributed by atoms with van der Waals surface area (Å²) >= 11 is 0. The number of aromatic nitrogens is 4. The molecule has 0 aromatic carbocycles. The van der Waals surface area contributed by atoms with Gasteiger partial charge >= 0.3 is 0 Å². The van der Waals surface area contributed by atoms with Crippen LogP contribution in [0.3, 0.4) is 0 Å². The molecule has 34 heavy (non-hydrogen) atoms. The number of ether oxygens (including phenoxy) is 1. The van der Waals surface area contributed by atoms with Gasteiger partial charge in [0.25, 0.3) is 0 Å². The highest BCUT2D eigenvalue weighted by Gasteiger charge is 2.24. The van der Waals surface area contributed by atoms with Crippen LogP contribution in [-0.2, 0) is 4.74 Å². The van der Waals surface area contributed by atoms with Crippen LogP contribution in [0.4, 0.5) is 11.8 Å². The van der Waals surface area contributed by atoms with Crippen LogP contribution in [0.25, 0.3) is 11.2 Å². The normalized spacial score (nSPS) is 23.6. The Morgan fingerprint density at radius 3 is 2.38 bits per heavy atom. The number of nitrogens with one attached hydrogen (secondary N) is 2. The zero-order valence-corrected chi connectivity index (χ0v) is 22.1. The maximum Gasteiger partial charge on any atom is 0.227 e. The molecule has 1 aliphatic heterocycles. The van der Waals surface area contributed by atoms with Gasteiger partial charge in [-0.25, -0.2) is 4.98 Å². The second-order valence-electron chi connectivity index (χ2n) is 9.29. The smallest absolute Gasteiger partial charge is 0.227 e. The van der Waals surface area contributed by atoms with Crippen molar-refractivity contribution in [1.82, 2.24) is 24.4 Å². The summed E-state index contributed by atoms with van der Waals surface area (Å²) in [5, 5.41) is 7.15. The van der Waals surface area contributed by atoms with Gasteiger partial charge in [-0.15, -0.1) is 37.2 Å². The second-order valence-corrected chi connectivity index (χ2v) is 9.29. The molecule has 3 heterocycles. The molecule has 3 fully saturated rings. The van der Waals surface area contributed by atoms with E-state index in [1.807, 2.05) is 6.33 Å². The number of hydrogen-bond donors (Lipinski definition) is 3. The predicted molar refractivity (Wildman–Crippen MR) is 144 cm³/mol. The highest BCUT2D eigenvalue weighted by Crippen LogP contribution is 2.33. The summed E-state index contributed by atoms with van der Waals surface area (Å²) in [5.74, 6) is 1.55. The monoisotopic (exact) mass is 536 g/mol. The van der Waals surface area contributed by atoms with Crippen LogP contribution in [0.2, 0.25) is 0 Å². The lowest BCUT2D eigenvalue weighted by Crippen LogP contribution is -2.39. The third kappa shape index (κ3) is 6.98. The first-order valence-corrected chi connectivity index (χ1v) is 12.1. The van der Waals surface area contributed by atoms with E-state index in [-0.39, 0.29) is 37.2 Å². The molecule has 0 amide bonds. The van der Waals surface area contributed by atoms with Crippen LogP contribution in [0, 0.1) is 0 Å². The Balaban J connectivity index is 0.00000136. The Morgan fingerprint density at radius 2 is 1.68 bits per heavy atom. The summed E-state index contributed by atoms with van der Waals surface area (Å²) in [6, 6.07) is 1.23. The molecule has 1 saturated heterocycles. The molecule has 9 nitrogen and oxygen atoms in total. The highest BCUT2D eigenvalue weighted by molar-refractivity contribution is 5.86. The third-order valence-electron chi connectivity index (χ3n) is 7.07. The number of anilines is 2. The third-order valence-corrected chi connectivity index (χ3v) is 7.07. The minimum Gasteiger partial charge on any atom is -0.379 e.